The summed E-state index contributed by atoms with van der Waals surface area (Å²) in [4.78, 5) is 20.4. The number of halogens is 2. The summed E-state index contributed by atoms with van der Waals surface area (Å²) >= 11 is 6.30. The minimum absolute atomic E-state index is 0.0436. The first-order chi connectivity index (χ1) is 14.0. The van der Waals surface area contributed by atoms with Crippen LogP contribution in [0.1, 0.15) is 25.8 Å². The Balaban J connectivity index is 1.61. The van der Waals surface area contributed by atoms with Crippen LogP contribution in [-0.4, -0.2) is 42.3 Å². The van der Waals surface area contributed by atoms with Crippen LogP contribution >= 0.6 is 11.6 Å². The molecule has 154 valence electrons. The summed E-state index contributed by atoms with van der Waals surface area (Å²) < 4.78 is 18.6. The summed E-state index contributed by atoms with van der Waals surface area (Å²) in [6.45, 7) is 5.30. The maximum Gasteiger partial charge on any atom is 0.235 e. The second-order valence-electron chi connectivity index (χ2n) is 6.82. The molecule has 2 unspecified atom stereocenters. The van der Waals surface area contributed by atoms with Gasteiger partial charge in [0.2, 0.25) is 5.91 Å². The van der Waals surface area contributed by atoms with Crippen LogP contribution in [0.25, 0.3) is 0 Å². The van der Waals surface area contributed by atoms with Gasteiger partial charge in [0, 0.05) is 23.7 Å². The van der Waals surface area contributed by atoms with E-state index >= 15 is 0 Å². The van der Waals surface area contributed by atoms with Crippen molar-refractivity contribution >= 4 is 23.2 Å². The molecule has 2 aromatic rings. The van der Waals surface area contributed by atoms with Crippen LogP contribution in [0.15, 0.2) is 53.7 Å². The molecule has 0 bridgehead atoms. The van der Waals surface area contributed by atoms with E-state index in [1.54, 1.807) is 23.1 Å². The van der Waals surface area contributed by atoms with E-state index in [0.717, 1.165) is 0 Å². The largest absolute Gasteiger partial charge is 0.494 e. The molecular formula is C22H24ClFN2O3. The SMILES string of the molecule is CCN(CCCOc1ccc(F)cc1)C(=O)C1C(c2ccccc2Cl)=NOC1C. The van der Waals surface area contributed by atoms with E-state index in [9.17, 15) is 9.18 Å². The summed E-state index contributed by atoms with van der Waals surface area (Å²) in [6.07, 6.45) is 0.288. The maximum absolute atomic E-state index is 13.2. The van der Waals surface area contributed by atoms with Crippen molar-refractivity contribution in [2.45, 2.75) is 26.4 Å². The lowest BCUT2D eigenvalue weighted by molar-refractivity contribution is -0.135. The van der Waals surface area contributed by atoms with Gasteiger partial charge in [-0.15, -0.1) is 0 Å². The highest BCUT2D eigenvalue weighted by molar-refractivity contribution is 6.35. The number of carbonyl (C=O) groups excluding carboxylic acids is 1. The van der Waals surface area contributed by atoms with Crippen LogP contribution in [0.4, 0.5) is 4.39 Å². The van der Waals surface area contributed by atoms with E-state index in [0.29, 0.717) is 48.2 Å². The highest BCUT2D eigenvalue weighted by Gasteiger charge is 2.40. The molecular weight excluding hydrogens is 395 g/mol. The zero-order chi connectivity index (χ0) is 20.8. The van der Waals surface area contributed by atoms with E-state index in [-0.39, 0.29) is 17.8 Å². The number of hydrogen-bond donors (Lipinski definition) is 0. The molecule has 2 atom stereocenters. The van der Waals surface area contributed by atoms with Crippen molar-refractivity contribution in [3.63, 3.8) is 0 Å². The molecule has 0 N–H and O–H groups in total. The first kappa shape index (κ1) is 21.1. The van der Waals surface area contributed by atoms with E-state index in [2.05, 4.69) is 5.16 Å². The van der Waals surface area contributed by atoms with Crippen LogP contribution in [0.2, 0.25) is 5.02 Å². The summed E-state index contributed by atoms with van der Waals surface area (Å²) in [5, 5.41) is 4.68. The fraction of sp³-hybridized carbons (Fsp3) is 0.364. The van der Waals surface area contributed by atoms with Crippen LogP contribution in [0, 0.1) is 11.7 Å². The third kappa shape index (κ3) is 5.07. The Hall–Kier alpha value is -2.60. The van der Waals surface area contributed by atoms with Crippen LogP contribution in [0.3, 0.4) is 0 Å². The molecule has 5 nitrogen and oxygen atoms in total. The topological polar surface area (TPSA) is 51.1 Å². The summed E-state index contributed by atoms with van der Waals surface area (Å²) in [5.74, 6) is -0.249. The molecule has 7 heteroatoms. The zero-order valence-corrected chi connectivity index (χ0v) is 17.2. The van der Waals surface area contributed by atoms with Crippen molar-refractivity contribution < 1.29 is 18.8 Å². The smallest absolute Gasteiger partial charge is 0.235 e. The maximum atomic E-state index is 13.2. The van der Waals surface area contributed by atoms with Crippen molar-refractivity contribution in [3.05, 3.63) is 64.9 Å². The highest BCUT2D eigenvalue weighted by atomic mass is 35.5. The third-order valence-corrected chi connectivity index (χ3v) is 5.17. The second kappa shape index (κ2) is 9.74. The molecule has 0 spiro atoms. The molecule has 1 amide bonds. The minimum atomic E-state index is -0.507. The molecule has 0 radical (unpaired) electrons. The minimum Gasteiger partial charge on any atom is -0.494 e. The van der Waals surface area contributed by atoms with Crippen LogP contribution in [0.5, 0.6) is 5.75 Å². The summed E-state index contributed by atoms with van der Waals surface area (Å²) in [7, 11) is 0. The van der Waals surface area contributed by atoms with Gasteiger partial charge < -0.3 is 14.5 Å². The molecule has 0 fully saturated rings. The van der Waals surface area contributed by atoms with E-state index < -0.39 is 5.92 Å². The van der Waals surface area contributed by atoms with Gasteiger partial charge in [-0.05, 0) is 50.6 Å². The Bertz CT molecular complexity index is 873. The fourth-order valence-electron chi connectivity index (χ4n) is 3.28. The van der Waals surface area contributed by atoms with Gasteiger partial charge in [0.25, 0.3) is 0 Å². The molecule has 1 aliphatic rings. The van der Waals surface area contributed by atoms with Gasteiger partial charge in [-0.1, -0.05) is 35.0 Å². The van der Waals surface area contributed by atoms with Crippen molar-refractivity contribution in [2.24, 2.45) is 11.1 Å². The number of ether oxygens (including phenoxy) is 1. The van der Waals surface area contributed by atoms with E-state index in [1.807, 2.05) is 32.0 Å². The van der Waals surface area contributed by atoms with Gasteiger partial charge in [-0.3, -0.25) is 4.79 Å². The van der Waals surface area contributed by atoms with E-state index in [1.165, 1.54) is 12.1 Å². The third-order valence-electron chi connectivity index (χ3n) is 4.85. The lowest BCUT2D eigenvalue weighted by Gasteiger charge is -2.26. The van der Waals surface area contributed by atoms with Crippen LogP contribution < -0.4 is 4.74 Å². The second-order valence-corrected chi connectivity index (χ2v) is 7.23. The Morgan fingerprint density at radius 1 is 1.24 bits per heavy atom. The van der Waals surface area contributed by atoms with Gasteiger partial charge in [-0.25, -0.2) is 4.39 Å². The van der Waals surface area contributed by atoms with E-state index in [4.69, 9.17) is 21.2 Å². The Labute approximate surface area is 175 Å². The molecule has 29 heavy (non-hydrogen) atoms. The van der Waals surface area contributed by atoms with Gasteiger partial charge >= 0.3 is 0 Å². The summed E-state index contributed by atoms with van der Waals surface area (Å²) in [5.41, 5.74) is 1.28. The normalized spacial score (nSPS) is 18.1. The Morgan fingerprint density at radius 3 is 2.66 bits per heavy atom. The number of nitrogens with zero attached hydrogens (tertiary/aromatic N) is 2. The predicted octanol–water partition coefficient (Wildman–Crippen LogP) is 4.54. The lowest BCUT2D eigenvalue weighted by atomic mass is 9.91. The number of hydrogen-bond acceptors (Lipinski definition) is 4. The highest BCUT2D eigenvalue weighted by Crippen LogP contribution is 2.28. The van der Waals surface area contributed by atoms with Crippen LogP contribution in [-0.2, 0) is 9.63 Å². The molecule has 2 aromatic carbocycles. The first-order valence-corrected chi connectivity index (χ1v) is 10.0. The first-order valence-electron chi connectivity index (χ1n) is 9.67. The van der Waals surface area contributed by atoms with Crippen molar-refractivity contribution in [1.82, 2.24) is 4.90 Å². The Morgan fingerprint density at radius 2 is 1.97 bits per heavy atom. The zero-order valence-electron chi connectivity index (χ0n) is 16.5. The molecule has 0 saturated carbocycles. The van der Waals surface area contributed by atoms with Crippen molar-refractivity contribution in [2.75, 3.05) is 19.7 Å². The van der Waals surface area contributed by atoms with Gasteiger partial charge in [-0.2, -0.15) is 0 Å². The molecule has 0 saturated heterocycles. The van der Waals surface area contributed by atoms with Crippen molar-refractivity contribution in [3.8, 4) is 5.75 Å². The standard InChI is InChI=1S/C22H24ClFN2O3/c1-3-26(13-6-14-28-17-11-9-16(24)10-12-17)22(27)20-15(2)29-25-21(20)18-7-4-5-8-19(18)23/h4-5,7-12,15,20H,3,6,13-14H2,1-2H3. The average Bonchev–Trinajstić information content (AvgIpc) is 3.10. The van der Waals surface area contributed by atoms with Gasteiger partial charge in [0.15, 0.2) is 0 Å². The Kier molecular flexibility index (Phi) is 7.09. The number of rotatable bonds is 8. The quantitative estimate of drug-likeness (QED) is 0.591. The predicted molar refractivity (Wildman–Crippen MR) is 111 cm³/mol. The monoisotopic (exact) mass is 418 g/mol. The van der Waals surface area contributed by atoms with Gasteiger partial charge in [0.1, 0.15) is 29.3 Å². The number of amides is 1. The molecule has 3 rings (SSSR count). The molecule has 1 heterocycles. The average molecular weight is 419 g/mol. The molecule has 0 aliphatic carbocycles. The number of carbonyl (C=O) groups is 1. The summed E-state index contributed by atoms with van der Waals surface area (Å²) in [6, 6.07) is 13.2. The molecule has 0 aromatic heterocycles. The molecule has 1 aliphatic heterocycles. The van der Waals surface area contributed by atoms with Crippen molar-refractivity contribution in [1.29, 1.82) is 0 Å². The lowest BCUT2D eigenvalue weighted by Crippen LogP contribution is -2.43. The number of oxime groups is 1. The fourth-order valence-corrected chi connectivity index (χ4v) is 3.51. The number of benzene rings is 2. The van der Waals surface area contributed by atoms with Gasteiger partial charge in [0.05, 0.1) is 6.61 Å².